The highest BCUT2D eigenvalue weighted by atomic mass is 32.2. The summed E-state index contributed by atoms with van der Waals surface area (Å²) in [6.07, 6.45) is 3.30. The minimum atomic E-state index is -1.29. The van der Waals surface area contributed by atoms with Crippen LogP contribution in [0.2, 0.25) is 0 Å². The Morgan fingerprint density at radius 2 is 1.55 bits per heavy atom. The van der Waals surface area contributed by atoms with Crippen molar-refractivity contribution in [2.24, 2.45) is 11.8 Å². The smallest absolute Gasteiger partial charge is 0.335 e. The van der Waals surface area contributed by atoms with Gasteiger partial charge in [0, 0.05) is 13.5 Å². The van der Waals surface area contributed by atoms with Crippen molar-refractivity contribution >= 4 is 47.3 Å². The number of rotatable bonds is 23. The molecule has 0 fully saturated rings. The maximum atomic E-state index is 13.6. The zero-order valence-electron chi connectivity index (χ0n) is 30.0. The van der Waals surface area contributed by atoms with E-state index in [1.54, 1.807) is 12.1 Å². The number of carboxylic acids is 1. The number of aromatic carboxylic acids is 1. The summed E-state index contributed by atoms with van der Waals surface area (Å²) in [7, 11) is 0. The first-order valence-corrected chi connectivity index (χ1v) is 18.5. The zero-order valence-corrected chi connectivity index (χ0v) is 30.8. The lowest BCUT2D eigenvalue weighted by atomic mass is 9.96. The fourth-order valence-electron chi connectivity index (χ4n) is 5.18. The van der Waals surface area contributed by atoms with E-state index in [1.807, 2.05) is 40.9 Å². The molecule has 49 heavy (non-hydrogen) atoms. The Balaban J connectivity index is 3.03. The maximum absolute atomic E-state index is 13.6. The number of hydrogen-bond donors (Lipinski definition) is 7. The SMILES string of the molecule is CCCC[C@H](NC(=O)C[C@H](O)[C@H](CC(C)C)NC(=O)[C@H](CCSC)NC(=O)[C@@H](NC(C)=O)C(C)CC)C(=O)NCc1cccc(C(=O)O)c1. The van der Waals surface area contributed by atoms with Crippen LogP contribution in [0.5, 0.6) is 0 Å². The molecular weight excluding hydrogens is 650 g/mol. The van der Waals surface area contributed by atoms with Crippen LogP contribution < -0.4 is 26.6 Å². The molecule has 13 nitrogen and oxygen atoms in total. The standard InChI is InChI=1S/C35H57N5O8S/c1-8-10-14-26(32(44)36-20-24-12-11-13-25(18-24)35(47)48)38-30(43)19-29(42)28(17-21(3)4)40-33(45)27(15-16-49-7)39-34(46)31(22(5)9-2)37-23(6)41/h11-13,18,21-22,26-29,31,42H,8-10,14-17,19-20H2,1-7H3,(H,36,44)(H,37,41)(H,38,43)(H,39,46)(H,40,45)(H,47,48)/t22?,26-,27-,28-,29-,31-/m0/s1. The number of unbranched alkanes of at least 4 members (excludes halogenated alkanes) is 1. The highest BCUT2D eigenvalue weighted by Crippen LogP contribution is 2.14. The summed E-state index contributed by atoms with van der Waals surface area (Å²) in [4.78, 5) is 76.1. The summed E-state index contributed by atoms with van der Waals surface area (Å²) in [6.45, 7) is 10.9. The molecule has 0 aliphatic carbocycles. The van der Waals surface area contributed by atoms with E-state index in [0.29, 0.717) is 43.4 Å². The van der Waals surface area contributed by atoms with Crippen molar-refractivity contribution in [2.45, 2.75) is 123 Å². The lowest BCUT2D eigenvalue weighted by molar-refractivity contribution is -0.133. The Bertz CT molecular complexity index is 1250. The number of hydrogen-bond acceptors (Lipinski definition) is 8. The summed E-state index contributed by atoms with van der Waals surface area (Å²) in [5.74, 6) is -2.99. The second-order valence-electron chi connectivity index (χ2n) is 12.9. The van der Waals surface area contributed by atoms with Crippen LogP contribution >= 0.6 is 11.8 Å². The summed E-state index contributed by atoms with van der Waals surface area (Å²) >= 11 is 1.51. The van der Waals surface area contributed by atoms with Crippen LogP contribution in [0.25, 0.3) is 0 Å². The van der Waals surface area contributed by atoms with Crippen LogP contribution in [-0.4, -0.2) is 88.0 Å². The van der Waals surface area contributed by atoms with E-state index < -0.39 is 59.9 Å². The molecule has 0 aliphatic heterocycles. The van der Waals surface area contributed by atoms with Gasteiger partial charge in [-0.3, -0.25) is 24.0 Å². The molecule has 1 aromatic carbocycles. The first-order valence-electron chi connectivity index (χ1n) is 17.1. The molecule has 1 aromatic rings. The Kier molecular flexibility index (Phi) is 20.3. The van der Waals surface area contributed by atoms with E-state index >= 15 is 0 Å². The molecular formula is C35H57N5O8S. The van der Waals surface area contributed by atoms with Gasteiger partial charge in [-0.1, -0.05) is 66.0 Å². The summed E-state index contributed by atoms with van der Waals surface area (Å²) in [5.41, 5.74) is 0.687. The maximum Gasteiger partial charge on any atom is 0.335 e. The number of carbonyl (C=O) groups excluding carboxylic acids is 5. The Labute approximate surface area is 294 Å². The van der Waals surface area contributed by atoms with Crippen LogP contribution in [0.15, 0.2) is 24.3 Å². The largest absolute Gasteiger partial charge is 0.478 e. The van der Waals surface area contributed by atoms with Gasteiger partial charge >= 0.3 is 5.97 Å². The van der Waals surface area contributed by atoms with Crippen molar-refractivity contribution in [3.63, 3.8) is 0 Å². The van der Waals surface area contributed by atoms with Crippen LogP contribution in [0, 0.1) is 11.8 Å². The van der Waals surface area contributed by atoms with Crippen LogP contribution in [0.1, 0.15) is 102 Å². The summed E-state index contributed by atoms with van der Waals surface area (Å²) in [6, 6.07) is 2.74. The van der Waals surface area contributed by atoms with Crippen LogP contribution in [-0.2, 0) is 30.5 Å². The van der Waals surface area contributed by atoms with Gasteiger partial charge in [0.1, 0.15) is 18.1 Å². The predicted octanol–water partition coefficient (Wildman–Crippen LogP) is 2.75. The third-order valence-corrected chi connectivity index (χ3v) is 8.79. The van der Waals surface area contributed by atoms with Gasteiger partial charge in [0.25, 0.3) is 0 Å². The fraction of sp³-hybridized carbons (Fsp3) is 0.657. The molecule has 1 rings (SSSR count). The molecule has 5 amide bonds. The molecule has 6 atom stereocenters. The van der Waals surface area contributed by atoms with E-state index in [0.717, 1.165) is 6.42 Å². The van der Waals surface area contributed by atoms with Crippen molar-refractivity contribution in [3.8, 4) is 0 Å². The number of aliphatic hydroxyl groups is 1. The molecule has 276 valence electrons. The average Bonchev–Trinajstić information content (AvgIpc) is 3.05. The van der Waals surface area contributed by atoms with E-state index in [2.05, 4.69) is 26.6 Å². The molecule has 0 saturated carbocycles. The van der Waals surface area contributed by atoms with Gasteiger partial charge in [-0.2, -0.15) is 11.8 Å². The van der Waals surface area contributed by atoms with Gasteiger partial charge in [-0.25, -0.2) is 4.79 Å². The average molecular weight is 708 g/mol. The van der Waals surface area contributed by atoms with Gasteiger partial charge in [-0.05, 0) is 60.8 Å². The lowest BCUT2D eigenvalue weighted by Gasteiger charge is -2.30. The monoisotopic (exact) mass is 707 g/mol. The first kappa shape index (κ1) is 43.4. The molecule has 0 bridgehead atoms. The second kappa shape index (κ2) is 22.9. The van der Waals surface area contributed by atoms with Crippen LogP contribution in [0.4, 0.5) is 0 Å². The zero-order chi connectivity index (χ0) is 37.1. The van der Waals surface area contributed by atoms with Gasteiger partial charge in [0.15, 0.2) is 0 Å². The topological polar surface area (TPSA) is 203 Å². The molecule has 1 unspecified atom stereocenters. The highest BCUT2D eigenvalue weighted by molar-refractivity contribution is 7.98. The fourth-order valence-corrected chi connectivity index (χ4v) is 5.65. The normalized spacial score (nSPS) is 14.8. The van der Waals surface area contributed by atoms with Crippen LogP contribution in [0.3, 0.4) is 0 Å². The van der Waals surface area contributed by atoms with Gasteiger partial charge < -0.3 is 36.8 Å². The van der Waals surface area contributed by atoms with Gasteiger partial charge in [0.05, 0.1) is 24.1 Å². The van der Waals surface area contributed by atoms with E-state index in [1.165, 1.54) is 30.8 Å². The molecule has 0 saturated heterocycles. The number of aliphatic hydroxyl groups excluding tert-OH is 1. The Morgan fingerprint density at radius 3 is 2.12 bits per heavy atom. The minimum Gasteiger partial charge on any atom is -0.478 e. The van der Waals surface area contributed by atoms with E-state index in [9.17, 15) is 39.0 Å². The lowest BCUT2D eigenvalue weighted by Crippen LogP contribution is -2.57. The third-order valence-electron chi connectivity index (χ3n) is 8.15. The van der Waals surface area contributed by atoms with E-state index in [4.69, 9.17) is 0 Å². The molecule has 0 aromatic heterocycles. The molecule has 14 heteroatoms. The summed E-state index contributed by atoms with van der Waals surface area (Å²) < 4.78 is 0. The minimum absolute atomic E-state index is 0.0412. The Morgan fingerprint density at radius 1 is 0.878 bits per heavy atom. The number of nitrogens with one attached hydrogen (secondary N) is 5. The number of amides is 5. The quantitative estimate of drug-likeness (QED) is 0.0893. The highest BCUT2D eigenvalue weighted by Gasteiger charge is 2.32. The number of carboxylic acid groups (broad SMARTS) is 1. The van der Waals surface area contributed by atoms with Gasteiger partial charge in [-0.15, -0.1) is 0 Å². The van der Waals surface area contributed by atoms with E-state index in [-0.39, 0.29) is 36.3 Å². The number of benzene rings is 1. The first-order chi connectivity index (χ1) is 23.1. The second-order valence-corrected chi connectivity index (χ2v) is 13.9. The number of thioether (sulfide) groups is 1. The van der Waals surface area contributed by atoms with Crippen molar-refractivity contribution in [3.05, 3.63) is 35.4 Å². The van der Waals surface area contributed by atoms with Crippen molar-refractivity contribution in [1.29, 1.82) is 0 Å². The summed E-state index contributed by atoms with van der Waals surface area (Å²) in [5, 5.41) is 34.2. The van der Waals surface area contributed by atoms with Crippen molar-refractivity contribution in [1.82, 2.24) is 26.6 Å². The third kappa shape index (κ3) is 16.5. The molecule has 0 radical (unpaired) electrons. The molecule has 7 N–H and O–H groups in total. The predicted molar refractivity (Wildman–Crippen MR) is 191 cm³/mol. The molecule has 0 heterocycles. The van der Waals surface area contributed by atoms with Crippen molar-refractivity contribution in [2.75, 3.05) is 12.0 Å². The molecule has 0 spiro atoms. The molecule has 0 aliphatic rings. The van der Waals surface area contributed by atoms with Gasteiger partial charge in [0.2, 0.25) is 29.5 Å². The number of carbonyl (C=O) groups is 6. The Hall–Kier alpha value is -3.65. The van der Waals surface area contributed by atoms with Crippen molar-refractivity contribution < 1.29 is 39.0 Å².